The first-order valence-corrected chi connectivity index (χ1v) is 7.01. The molecular weight excluding hydrogens is 220 g/mol. The fourth-order valence-corrected chi connectivity index (χ4v) is 4.43. The maximum Gasteiger partial charge on any atom is 0.163 e. The largest absolute Gasteiger partial charge is 0.294 e. The van der Waals surface area contributed by atoms with Gasteiger partial charge in [0, 0.05) is 17.4 Å². The Morgan fingerprint density at radius 3 is 2.94 bits per heavy atom. The van der Waals surface area contributed by atoms with Crippen LogP contribution in [0.25, 0.3) is 0 Å². The monoisotopic (exact) mass is 238 g/mol. The molecule has 3 aliphatic rings. The van der Waals surface area contributed by atoms with Gasteiger partial charge >= 0.3 is 0 Å². The molecule has 1 saturated carbocycles. The highest BCUT2D eigenvalue weighted by atomic mass is 16.1. The molecule has 2 bridgehead atoms. The summed E-state index contributed by atoms with van der Waals surface area (Å²) in [5.41, 5.74) is 5.62. The number of aryl methyl sites for hydroxylation is 1. The predicted molar refractivity (Wildman–Crippen MR) is 71.8 cm³/mol. The van der Waals surface area contributed by atoms with Crippen molar-refractivity contribution in [2.24, 2.45) is 5.92 Å². The predicted octanol–water partition coefficient (Wildman–Crippen LogP) is 3.95. The number of fused-ring (bicyclic) bond motifs is 5. The smallest absolute Gasteiger partial charge is 0.163 e. The Hall–Kier alpha value is -1.37. The molecule has 0 radical (unpaired) electrons. The number of ketones is 1. The second-order valence-electron chi connectivity index (χ2n) is 6.30. The Bertz CT molecular complexity index is 581. The lowest BCUT2D eigenvalue weighted by molar-refractivity contribution is 0.0939. The highest BCUT2D eigenvalue weighted by Crippen LogP contribution is 2.58. The number of hydrogen-bond donors (Lipinski definition) is 0. The van der Waals surface area contributed by atoms with E-state index >= 15 is 0 Å². The van der Waals surface area contributed by atoms with Crippen molar-refractivity contribution in [2.75, 3.05) is 0 Å². The minimum Gasteiger partial charge on any atom is -0.294 e. The summed E-state index contributed by atoms with van der Waals surface area (Å²) in [6.07, 6.45) is 7.98. The molecule has 1 aromatic rings. The quantitative estimate of drug-likeness (QED) is 0.625. The second kappa shape index (κ2) is 3.34. The minimum absolute atomic E-state index is 0.305. The zero-order chi connectivity index (χ0) is 12.3. The van der Waals surface area contributed by atoms with Crippen LogP contribution in [0.5, 0.6) is 0 Å². The van der Waals surface area contributed by atoms with Crippen molar-refractivity contribution in [2.45, 2.75) is 44.4 Å². The molecule has 0 N–H and O–H groups in total. The van der Waals surface area contributed by atoms with Crippen LogP contribution >= 0.6 is 0 Å². The van der Waals surface area contributed by atoms with Crippen molar-refractivity contribution < 1.29 is 4.79 Å². The Labute approximate surface area is 108 Å². The lowest BCUT2D eigenvalue weighted by Gasteiger charge is -2.41. The van der Waals surface area contributed by atoms with Crippen LogP contribution in [0.4, 0.5) is 0 Å². The molecular formula is C17H18O. The third-order valence-electron chi connectivity index (χ3n) is 5.33. The van der Waals surface area contributed by atoms with Crippen molar-refractivity contribution in [1.29, 1.82) is 0 Å². The highest BCUT2D eigenvalue weighted by molar-refractivity contribution is 5.99. The van der Waals surface area contributed by atoms with E-state index in [-0.39, 0.29) is 0 Å². The molecule has 1 heteroatoms. The van der Waals surface area contributed by atoms with Crippen molar-refractivity contribution in [3.63, 3.8) is 0 Å². The third kappa shape index (κ3) is 1.20. The van der Waals surface area contributed by atoms with Crippen LogP contribution in [0.1, 0.15) is 53.6 Å². The first-order valence-electron chi connectivity index (χ1n) is 7.01. The van der Waals surface area contributed by atoms with E-state index in [2.05, 4.69) is 31.2 Å². The first kappa shape index (κ1) is 10.5. The van der Waals surface area contributed by atoms with Gasteiger partial charge in [0.15, 0.2) is 5.78 Å². The van der Waals surface area contributed by atoms with Crippen molar-refractivity contribution in [3.8, 4) is 0 Å². The first-order chi connectivity index (χ1) is 8.69. The fraction of sp³-hybridized carbons (Fsp3) is 0.471. The second-order valence-corrected chi connectivity index (χ2v) is 6.30. The molecule has 2 unspecified atom stereocenters. The van der Waals surface area contributed by atoms with Crippen LogP contribution in [0.2, 0.25) is 0 Å². The molecule has 0 aliphatic heterocycles. The molecule has 1 aromatic carbocycles. The average Bonchev–Trinajstić information content (AvgIpc) is 2.95. The summed E-state index contributed by atoms with van der Waals surface area (Å²) < 4.78 is 0. The molecule has 2 atom stereocenters. The maximum absolute atomic E-state index is 12.1. The van der Waals surface area contributed by atoms with Crippen LogP contribution in [0.15, 0.2) is 29.8 Å². The van der Waals surface area contributed by atoms with Gasteiger partial charge in [0.2, 0.25) is 0 Å². The fourth-order valence-electron chi connectivity index (χ4n) is 4.43. The SMILES string of the molecule is Cc1ccc2c(c1)C1(CCC2=O)CC2=CCC1C2. The molecule has 0 saturated heterocycles. The number of allylic oxidation sites excluding steroid dienone is 2. The summed E-state index contributed by atoms with van der Waals surface area (Å²) in [5.74, 6) is 1.12. The number of carbonyl (C=O) groups is 1. The molecule has 4 rings (SSSR count). The summed E-state index contributed by atoms with van der Waals surface area (Å²) in [6, 6.07) is 6.43. The van der Waals surface area contributed by atoms with Gasteiger partial charge in [0.1, 0.15) is 0 Å². The molecule has 1 nitrogen and oxygen atoms in total. The van der Waals surface area contributed by atoms with Crippen molar-refractivity contribution in [1.82, 2.24) is 0 Å². The van der Waals surface area contributed by atoms with Gasteiger partial charge in [-0.15, -0.1) is 0 Å². The van der Waals surface area contributed by atoms with E-state index in [9.17, 15) is 4.79 Å². The van der Waals surface area contributed by atoms with E-state index in [1.54, 1.807) is 5.57 Å². The summed E-state index contributed by atoms with van der Waals surface area (Å²) in [6.45, 7) is 2.14. The van der Waals surface area contributed by atoms with E-state index in [0.717, 1.165) is 24.3 Å². The molecule has 92 valence electrons. The normalized spacial score (nSPS) is 32.8. The van der Waals surface area contributed by atoms with Gasteiger partial charge in [-0.1, -0.05) is 35.4 Å². The number of hydrogen-bond acceptors (Lipinski definition) is 1. The van der Waals surface area contributed by atoms with Crippen molar-refractivity contribution in [3.05, 3.63) is 46.5 Å². The number of carbonyl (C=O) groups excluding carboxylic acids is 1. The average molecular weight is 238 g/mol. The van der Waals surface area contributed by atoms with Gasteiger partial charge in [0.05, 0.1) is 0 Å². The summed E-state index contributed by atoms with van der Waals surface area (Å²) in [4.78, 5) is 12.1. The van der Waals surface area contributed by atoms with Gasteiger partial charge in [0.25, 0.3) is 0 Å². The Balaban J connectivity index is 1.94. The Kier molecular flexibility index (Phi) is 1.96. The van der Waals surface area contributed by atoms with Gasteiger partial charge < -0.3 is 0 Å². The van der Waals surface area contributed by atoms with Crippen LogP contribution in [0, 0.1) is 12.8 Å². The standard InChI is InChI=1S/C17H18O/c1-11-2-5-14-15(8-11)17(7-6-16(14)18)10-12-3-4-13(17)9-12/h2-3,5,8,13H,4,6-7,9-10H2,1H3. The van der Waals surface area contributed by atoms with Crippen LogP contribution < -0.4 is 0 Å². The molecule has 3 aliphatic carbocycles. The molecule has 1 fully saturated rings. The Morgan fingerprint density at radius 1 is 1.33 bits per heavy atom. The van der Waals surface area contributed by atoms with Crippen LogP contribution in [-0.4, -0.2) is 5.78 Å². The highest BCUT2D eigenvalue weighted by Gasteiger charge is 2.51. The van der Waals surface area contributed by atoms with Gasteiger partial charge in [-0.2, -0.15) is 0 Å². The summed E-state index contributed by atoms with van der Waals surface area (Å²) in [7, 11) is 0. The van der Waals surface area contributed by atoms with Gasteiger partial charge in [-0.05, 0) is 44.1 Å². The van der Waals surface area contributed by atoms with E-state index < -0.39 is 0 Å². The van der Waals surface area contributed by atoms with Gasteiger partial charge in [-0.25, -0.2) is 0 Å². The number of Topliss-reactive ketones (excluding diaryl/α,β-unsaturated/α-hetero) is 1. The molecule has 1 spiro atoms. The topological polar surface area (TPSA) is 17.1 Å². The van der Waals surface area contributed by atoms with Crippen LogP contribution in [-0.2, 0) is 5.41 Å². The summed E-state index contributed by atoms with van der Waals surface area (Å²) in [5, 5.41) is 0. The molecule has 0 heterocycles. The van der Waals surface area contributed by atoms with E-state index in [1.807, 2.05) is 0 Å². The lowest BCUT2D eigenvalue weighted by Crippen LogP contribution is -2.37. The summed E-state index contributed by atoms with van der Waals surface area (Å²) >= 11 is 0. The van der Waals surface area contributed by atoms with E-state index in [1.165, 1.54) is 30.4 Å². The number of rotatable bonds is 0. The maximum atomic E-state index is 12.1. The molecule has 18 heavy (non-hydrogen) atoms. The van der Waals surface area contributed by atoms with Crippen molar-refractivity contribution >= 4 is 5.78 Å². The van der Waals surface area contributed by atoms with Gasteiger partial charge in [-0.3, -0.25) is 4.79 Å². The zero-order valence-corrected chi connectivity index (χ0v) is 10.8. The lowest BCUT2D eigenvalue weighted by atomic mass is 9.62. The van der Waals surface area contributed by atoms with Crippen LogP contribution in [0.3, 0.4) is 0 Å². The molecule has 0 amide bonds. The molecule has 0 aromatic heterocycles. The van der Waals surface area contributed by atoms with E-state index in [0.29, 0.717) is 11.2 Å². The minimum atomic E-state index is 0.305. The van der Waals surface area contributed by atoms with E-state index in [4.69, 9.17) is 0 Å². The zero-order valence-electron chi connectivity index (χ0n) is 10.8. The number of benzene rings is 1. The Morgan fingerprint density at radius 2 is 2.22 bits per heavy atom. The third-order valence-corrected chi connectivity index (χ3v) is 5.33.